The molecule has 2 rings (SSSR count). The summed E-state index contributed by atoms with van der Waals surface area (Å²) in [5, 5.41) is 6.96. The van der Waals surface area contributed by atoms with Gasteiger partial charge < -0.3 is 11.1 Å². The highest BCUT2D eigenvalue weighted by molar-refractivity contribution is 7.08. The Labute approximate surface area is 122 Å². The van der Waals surface area contributed by atoms with Crippen LogP contribution in [0.1, 0.15) is 46.3 Å². The SMILES string of the molecule is Cc1cc(N)cc(C)c1NC(=O)c1snnc1C(C)C. The van der Waals surface area contributed by atoms with Crippen LogP contribution in [0.25, 0.3) is 0 Å². The highest BCUT2D eigenvalue weighted by Crippen LogP contribution is 2.26. The molecule has 0 unspecified atom stereocenters. The normalized spacial score (nSPS) is 10.8. The van der Waals surface area contributed by atoms with Crippen LogP contribution in [-0.2, 0) is 0 Å². The lowest BCUT2D eigenvalue weighted by atomic mass is 10.1. The van der Waals surface area contributed by atoms with Gasteiger partial charge in [0.15, 0.2) is 0 Å². The smallest absolute Gasteiger partial charge is 0.269 e. The van der Waals surface area contributed by atoms with E-state index in [4.69, 9.17) is 5.73 Å². The van der Waals surface area contributed by atoms with Crippen LogP contribution < -0.4 is 11.1 Å². The molecule has 5 nitrogen and oxygen atoms in total. The number of benzene rings is 1. The third-order valence-corrected chi connectivity index (χ3v) is 3.80. The minimum Gasteiger partial charge on any atom is -0.399 e. The van der Waals surface area contributed by atoms with E-state index >= 15 is 0 Å². The van der Waals surface area contributed by atoms with Crippen LogP contribution >= 0.6 is 11.5 Å². The van der Waals surface area contributed by atoms with Crippen molar-refractivity contribution >= 4 is 28.8 Å². The number of anilines is 2. The molecule has 0 aliphatic carbocycles. The maximum atomic E-state index is 12.4. The molecule has 1 heterocycles. The maximum Gasteiger partial charge on any atom is 0.269 e. The van der Waals surface area contributed by atoms with Crippen LogP contribution in [0.2, 0.25) is 0 Å². The number of hydrogen-bond acceptors (Lipinski definition) is 5. The second-order valence-corrected chi connectivity index (χ2v) is 5.88. The Morgan fingerprint density at radius 3 is 2.45 bits per heavy atom. The molecule has 3 N–H and O–H groups in total. The van der Waals surface area contributed by atoms with Crippen LogP contribution in [0.5, 0.6) is 0 Å². The summed E-state index contributed by atoms with van der Waals surface area (Å²) in [6, 6.07) is 3.69. The Balaban J connectivity index is 2.31. The summed E-state index contributed by atoms with van der Waals surface area (Å²) in [4.78, 5) is 12.9. The third-order valence-electron chi connectivity index (χ3n) is 3.06. The molecule has 0 fully saturated rings. The molecule has 6 heteroatoms. The first-order chi connectivity index (χ1) is 9.40. The van der Waals surface area contributed by atoms with E-state index in [0.29, 0.717) is 10.6 Å². The van der Waals surface area contributed by atoms with E-state index in [1.807, 2.05) is 39.8 Å². The summed E-state index contributed by atoms with van der Waals surface area (Å²) in [5.74, 6) is 0.00258. The van der Waals surface area contributed by atoms with Crippen molar-refractivity contribution in [1.29, 1.82) is 0 Å². The Morgan fingerprint density at radius 1 is 1.30 bits per heavy atom. The number of nitrogens with zero attached hydrogens (tertiary/aromatic N) is 2. The topological polar surface area (TPSA) is 80.9 Å². The Hall–Kier alpha value is -1.95. The van der Waals surface area contributed by atoms with Gasteiger partial charge in [0, 0.05) is 11.4 Å². The number of nitrogen functional groups attached to an aromatic ring is 1. The van der Waals surface area contributed by atoms with E-state index in [2.05, 4.69) is 14.9 Å². The van der Waals surface area contributed by atoms with E-state index < -0.39 is 0 Å². The number of aromatic nitrogens is 2. The fourth-order valence-corrected chi connectivity index (χ4v) is 2.81. The third kappa shape index (κ3) is 2.80. The number of rotatable bonds is 3. The Kier molecular flexibility index (Phi) is 4.04. The van der Waals surface area contributed by atoms with Crippen molar-refractivity contribution in [1.82, 2.24) is 9.59 Å². The lowest BCUT2D eigenvalue weighted by Gasteiger charge is -2.12. The van der Waals surface area contributed by atoms with Crippen LogP contribution in [-0.4, -0.2) is 15.5 Å². The van der Waals surface area contributed by atoms with Crippen molar-refractivity contribution in [2.75, 3.05) is 11.1 Å². The van der Waals surface area contributed by atoms with Gasteiger partial charge in [0.1, 0.15) is 4.88 Å². The second-order valence-electron chi connectivity index (χ2n) is 5.13. The average Bonchev–Trinajstić information content (AvgIpc) is 2.82. The molecular formula is C14H18N4OS. The van der Waals surface area contributed by atoms with Crippen LogP contribution in [0.15, 0.2) is 12.1 Å². The van der Waals surface area contributed by atoms with Crippen LogP contribution in [0.4, 0.5) is 11.4 Å². The molecular weight excluding hydrogens is 272 g/mol. The maximum absolute atomic E-state index is 12.4. The van der Waals surface area contributed by atoms with Crippen molar-refractivity contribution in [3.05, 3.63) is 33.8 Å². The number of aryl methyl sites for hydroxylation is 2. The van der Waals surface area contributed by atoms with Crippen molar-refractivity contribution in [2.24, 2.45) is 0 Å². The molecule has 1 aromatic carbocycles. The van der Waals surface area contributed by atoms with E-state index in [9.17, 15) is 4.79 Å². The number of carbonyl (C=O) groups excluding carboxylic acids is 1. The summed E-state index contributed by atoms with van der Waals surface area (Å²) in [7, 11) is 0. The number of carbonyl (C=O) groups is 1. The predicted octanol–water partition coefficient (Wildman–Crippen LogP) is 3.11. The second kappa shape index (κ2) is 5.58. The zero-order valence-electron chi connectivity index (χ0n) is 12.0. The highest BCUT2D eigenvalue weighted by atomic mass is 32.1. The van der Waals surface area contributed by atoms with E-state index in [1.54, 1.807) is 0 Å². The summed E-state index contributed by atoms with van der Waals surface area (Å²) in [5.41, 5.74) is 9.90. The first-order valence-corrected chi connectivity index (χ1v) is 7.17. The number of nitrogens with two attached hydrogens (primary N) is 1. The molecule has 1 aromatic heterocycles. The largest absolute Gasteiger partial charge is 0.399 e. The molecule has 0 atom stereocenters. The Morgan fingerprint density at radius 2 is 1.90 bits per heavy atom. The standard InChI is InChI=1S/C14H18N4OS/c1-7(2)11-13(20-18-17-11)14(19)16-12-8(3)5-10(15)6-9(12)4/h5-7H,15H2,1-4H3,(H,16,19). The first-order valence-electron chi connectivity index (χ1n) is 6.40. The van der Waals surface area contributed by atoms with Gasteiger partial charge >= 0.3 is 0 Å². The van der Waals surface area contributed by atoms with Gasteiger partial charge in [0.25, 0.3) is 5.91 Å². The van der Waals surface area contributed by atoms with Gasteiger partial charge in [0.2, 0.25) is 0 Å². The van der Waals surface area contributed by atoms with Crippen LogP contribution in [0.3, 0.4) is 0 Å². The van der Waals surface area contributed by atoms with Gasteiger partial charge in [-0.3, -0.25) is 4.79 Å². The molecule has 106 valence electrons. The van der Waals surface area contributed by atoms with Gasteiger partial charge in [-0.1, -0.05) is 18.3 Å². The minimum absolute atomic E-state index is 0.167. The zero-order valence-corrected chi connectivity index (χ0v) is 12.8. The quantitative estimate of drug-likeness (QED) is 0.851. The molecule has 0 aliphatic rings. The van der Waals surface area contributed by atoms with Gasteiger partial charge in [-0.2, -0.15) is 0 Å². The van der Waals surface area contributed by atoms with Gasteiger partial charge in [-0.05, 0) is 54.6 Å². The van der Waals surface area contributed by atoms with Crippen molar-refractivity contribution in [3.63, 3.8) is 0 Å². The first kappa shape index (κ1) is 14.5. The number of nitrogens with one attached hydrogen (secondary N) is 1. The van der Waals surface area contributed by atoms with Gasteiger partial charge in [-0.25, -0.2) is 0 Å². The predicted molar refractivity (Wildman–Crippen MR) is 82.3 cm³/mol. The molecule has 0 aliphatic heterocycles. The van der Waals surface area contributed by atoms with Crippen LogP contribution in [0, 0.1) is 13.8 Å². The Bertz CT molecular complexity index is 625. The molecule has 20 heavy (non-hydrogen) atoms. The fourth-order valence-electron chi connectivity index (χ4n) is 2.10. The van der Waals surface area contributed by atoms with Gasteiger partial charge in [0.05, 0.1) is 5.69 Å². The molecule has 0 radical (unpaired) electrons. The van der Waals surface area contributed by atoms with Crippen molar-refractivity contribution < 1.29 is 4.79 Å². The lowest BCUT2D eigenvalue weighted by molar-refractivity contribution is 0.102. The molecule has 0 saturated carbocycles. The molecule has 0 spiro atoms. The average molecular weight is 290 g/mol. The summed E-state index contributed by atoms with van der Waals surface area (Å²) in [6.45, 7) is 7.83. The molecule has 0 bridgehead atoms. The zero-order chi connectivity index (χ0) is 14.9. The summed E-state index contributed by atoms with van der Waals surface area (Å²) < 4.78 is 3.88. The van der Waals surface area contributed by atoms with E-state index in [-0.39, 0.29) is 11.8 Å². The van der Waals surface area contributed by atoms with E-state index in [1.165, 1.54) is 0 Å². The minimum atomic E-state index is -0.167. The molecule has 1 amide bonds. The number of amides is 1. The number of hydrogen-bond donors (Lipinski definition) is 2. The van der Waals surface area contributed by atoms with Crippen molar-refractivity contribution in [3.8, 4) is 0 Å². The summed E-state index contributed by atoms with van der Waals surface area (Å²) in [6.07, 6.45) is 0. The van der Waals surface area contributed by atoms with E-state index in [0.717, 1.165) is 34.0 Å². The fraction of sp³-hybridized carbons (Fsp3) is 0.357. The molecule has 0 saturated heterocycles. The lowest BCUT2D eigenvalue weighted by Crippen LogP contribution is -2.15. The highest BCUT2D eigenvalue weighted by Gasteiger charge is 2.19. The monoisotopic (exact) mass is 290 g/mol. The van der Waals surface area contributed by atoms with Gasteiger partial charge in [-0.15, -0.1) is 5.10 Å². The molecule has 2 aromatic rings. The van der Waals surface area contributed by atoms with Crippen molar-refractivity contribution in [2.45, 2.75) is 33.6 Å². The summed E-state index contributed by atoms with van der Waals surface area (Å²) >= 11 is 1.12.